The number of hydroxylamine groups is 1. The van der Waals surface area contributed by atoms with E-state index in [2.05, 4.69) is 0 Å². The number of para-hydroxylation sites is 1. The minimum absolute atomic E-state index is 0.371. The number of benzene rings is 3. The summed E-state index contributed by atoms with van der Waals surface area (Å²) in [5, 5.41) is 1.61. The zero-order valence-electron chi connectivity index (χ0n) is 21.0. The highest BCUT2D eigenvalue weighted by atomic mass is 16.7. The molecular formula is C28H28N2O7. The fourth-order valence-corrected chi connectivity index (χ4v) is 5.02. The highest BCUT2D eigenvalue weighted by Crippen LogP contribution is 2.52. The Hall–Kier alpha value is -4.24. The van der Waals surface area contributed by atoms with E-state index in [1.165, 1.54) is 26.2 Å². The Morgan fingerprint density at radius 1 is 0.811 bits per heavy atom. The summed E-state index contributed by atoms with van der Waals surface area (Å²) in [4.78, 5) is 35.0. The highest BCUT2D eigenvalue weighted by molar-refractivity contribution is 6.24. The first-order valence-electron chi connectivity index (χ1n) is 11.9. The van der Waals surface area contributed by atoms with Crippen molar-refractivity contribution < 1.29 is 33.4 Å². The van der Waals surface area contributed by atoms with Crippen LogP contribution in [0.1, 0.15) is 18.5 Å². The Morgan fingerprint density at radius 2 is 1.54 bits per heavy atom. The number of hydrogen-bond acceptors (Lipinski definition) is 8. The van der Waals surface area contributed by atoms with Crippen LogP contribution in [-0.2, 0) is 14.4 Å². The lowest BCUT2D eigenvalue weighted by Crippen LogP contribution is -2.37. The fraction of sp³-hybridized carbons (Fsp3) is 0.286. The van der Waals surface area contributed by atoms with Crippen LogP contribution in [-0.4, -0.2) is 45.9 Å². The average Bonchev–Trinajstić information content (AvgIpc) is 3.43. The molecule has 0 radical (unpaired) electrons. The molecule has 0 aromatic heterocycles. The van der Waals surface area contributed by atoms with Crippen LogP contribution in [0.3, 0.4) is 0 Å². The van der Waals surface area contributed by atoms with E-state index < -0.39 is 24.0 Å². The molecule has 3 atom stereocenters. The van der Waals surface area contributed by atoms with Crippen LogP contribution in [0.25, 0.3) is 0 Å². The molecule has 9 nitrogen and oxygen atoms in total. The molecule has 192 valence electrons. The summed E-state index contributed by atoms with van der Waals surface area (Å²) in [6.45, 7) is 2.34. The summed E-state index contributed by atoms with van der Waals surface area (Å²) in [5.74, 6) is 0.188. The Balaban J connectivity index is 1.63. The first-order valence-corrected chi connectivity index (χ1v) is 11.9. The van der Waals surface area contributed by atoms with Gasteiger partial charge in [0.15, 0.2) is 17.6 Å². The Labute approximate surface area is 215 Å². The second kappa shape index (κ2) is 10.0. The first kappa shape index (κ1) is 24.5. The zero-order valence-corrected chi connectivity index (χ0v) is 21.0. The fourth-order valence-electron chi connectivity index (χ4n) is 5.02. The molecule has 0 spiro atoms. The lowest BCUT2D eigenvalue weighted by atomic mass is 9.89. The van der Waals surface area contributed by atoms with Gasteiger partial charge in [0.1, 0.15) is 17.7 Å². The molecule has 2 amide bonds. The normalized spacial score (nSPS) is 20.7. The molecule has 0 bridgehead atoms. The SMILES string of the molecule is CCOc1cccc(N2C(=O)[C@H]3[C@@H](c4ccc(OC)c(OC)c4OC)N(c4ccccc4)O[C@H]3C2=O)c1. The number of amides is 2. The van der Waals surface area contributed by atoms with Crippen LogP contribution in [0.2, 0.25) is 0 Å². The van der Waals surface area contributed by atoms with Gasteiger partial charge in [-0.25, -0.2) is 9.96 Å². The van der Waals surface area contributed by atoms with Gasteiger partial charge in [0.2, 0.25) is 11.7 Å². The number of fused-ring (bicyclic) bond motifs is 1. The lowest BCUT2D eigenvalue weighted by Gasteiger charge is -2.30. The van der Waals surface area contributed by atoms with E-state index >= 15 is 0 Å². The van der Waals surface area contributed by atoms with Gasteiger partial charge in [-0.3, -0.25) is 14.4 Å². The van der Waals surface area contributed by atoms with Gasteiger partial charge < -0.3 is 18.9 Å². The number of imide groups is 1. The van der Waals surface area contributed by atoms with E-state index in [0.29, 0.717) is 46.5 Å². The maximum Gasteiger partial charge on any atom is 0.266 e. The van der Waals surface area contributed by atoms with Gasteiger partial charge in [-0.15, -0.1) is 0 Å². The van der Waals surface area contributed by atoms with Gasteiger partial charge in [0, 0.05) is 11.6 Å². The van der Waals surface area contributed by atoms with E-state index in [1.807, 2.05) is 43.3 Å². The van der Waals surface area contributed by atoms with Crippen LogP contribution < -0.4 is 28.9 Å². The summed E-state index contributed by atoms with van der Waals surface area (Å²) >= 11 is 0. The molecule has 37 heavy (non-hydrogen) atoms. The van der Waals surface area contributed by atoms with E-state index in [9.17, 15) is 9.59 Å². The van der Waals surface area contributed by atoms with Gasteiger partial charge in [0.25, 0.3) is 5.91 Å². The van der Waals surface area contributed by atoms with Gasteiger partial charge in [-0.05, 0) is 43.3 Å². The molecule has 2 saturated heterocycles. The lowest BCUT2D eigenvalue weighted by molar-refractivity contribution is -0.126. The topological polar surface area (TPSA) is 86.8 Å². The van der Waals surface area contributed by atoms with Gasteiger partial charge in [-0.2, -0.15) is 0 Å². The third-order valence-electron chi connectivity index (χ3n) is 6.57. The van der Waals surface area contributed by atoms with Crippen LogP contribution in [0.4, 0.5) is 11.4 Å². The van der Waals surface area contributed by atoms with Crippen molar-refractivity contribution in [1.82, 2.24) is 0 Å². The molecule has 2 fully saturated rings. The van der Waals surface area contributed by atoms with E-state index in [-0.39, 0.29) is 5.91 Å². The standard InChI is InChI=1S/C28H28N2O7/c1-5-36-19-13-9-12-18(16-19)29-27(31)22-23(20-14-15-21(33-2)25(35-4)24(20)34-3)30(37-26(22)28(29)32)17-10-7-6-8-11-17/h6-16,22-23,26H,5H2,1-4H3/t22-,23+,26+/m0/s1. The molecule has 0 unspecified atom stereocenters. The second-order valence-corrected chi connectivity index (χ2v) is 8.52. The monoisotopic (exact) mass is 504 g/mol. The number of methoxy groups -OCH3 is 3. The molecule has 9 heteroatoms. The minimum atomic E-state index is -1.02. The number of nitrogens with zero attached hydrogens (tertiary/aromatic N) is 2. The molecular weight excluding hydrogens is 476 g/mol. The van der Waals surface area contributed by atoms with Crippen molar-refractivity contribution in [3.63, 3.8) is 0 Å². The largest absolute Gasteiger partial charge is 0.494 e. The number of hydrogen-bond donors (Lipinski definition) is 0. The molecule has 3 aromatic rings. The van der Waals surface area contributed by atoms with Crippen LogP contribution in [0, 0.1) is 5.92 Å². The summed E-state index contributed by atoms with van der Waals surface area (Å²) in [6, 6.07) is 19.1. The van der Waals surface area contributed by atoms with E-state index in [0.717, 1.165) is 0 Å². The molecule has 5 rings (SSSR count). The Morgan fingerprint density at radius 3 is 2.22 bits per heavy atom. The third-order valence-corrected chi connectivity index (χ3v) is 6.57. The quantitative estimate of drug-likeness (QED) is 0.423. The first-order chi connectivity index (χ1) is 18.0. The van der Waals surface area contributed by atoms with Crippen LogP contribution in [0.15, 0.2) is 66.7 Å². The van der Waals surface area contributed by atoms with Gasteiger partial charge >= 0.3 is 0 Å². The summed E-state index contributed by atoms with van der Waals surface area (Å²) in [7, 11) is 4.58. The maximum absolute atomic E-state index is 14.0. The molecule has 0 N–H and O–H groups in total. The van der Waals surface area contributed by atoms with Crippen LogP contribution in [0.5, 0.6) is 23.0 Å². The minimum Gasteiger partial charge on any atom is -0.494 e. The van der Waals surface area contributed by atoms with Crippen LogP contribution >= 0.6 is 0 Å². The molecule has 0 aliphatic carbocycles. The summed E-state index contributed by atoms with van der Waals surface area (Å²) in [6.07, 6.45) is -1.02. The smallest absolute Gasteiger partial charge is 0.266 e. The maximum atomic E-state index is 14.0. The molecule has 2 aliphatic heterocycles. The molecule has 0 saturated carbocycles. The number of anilines is 2. The van der Waals surface area contributed by atoms with Crippen molar-refractivity contribution in [3.05, 3.63) is 72.3 Å². The molecule has 3 aromatic carbocycles. The number of ether oxygens (including phenoxy) is 4. The van der Waals surface area contributed by atoms with Crippen molar-refractivity contribution in [2.45, 2.75) is 19.1 Å². The Kier molecular flexibility index (Phi) is 6.62. The zero-order chi connectivity index (χ0) is 26.1. The molecule has 2 aliphatic rings. The van der Waals surface area contributed by atoms with Crippen molar-refractivity contribution in [3.8, 4) is 23.0 Å². The predicted molar refractivity (Wildman–Crippen MR) is 136 cm³/mol. The number of rotatable bonds is 8. The molecule has 2 heterocycles. The van der Waals surface area contributed by atoms with Crippen molar-refractivity contribution in [1.29, 1.82) is 0 Å². The summed E-state index contributed by atoms with van der Waals surface area (Å²) in [5.41, 5.74) is 1.76. The van der Waals surface area contributed by atoms with Crippen molar-refractivity contribution in [2.24, 2.45) is 5.92 Å². The van der Waals surface area contributed by atoms with Gasteiger partial charge in [-0.1, -0.05) is 24.3 Å². The third kappa shape index (κ3) is 4.01. The van der Waals surface area contributed by atoms with Crippen molar-refractivity contribution >= 4 is 23.2 Å². The average molecular weight is 505 g/mol. The number of carbonyl (C=O) groups excluding carboxylic acids is 2. The number of carbonyl (C=O) groups is 2. The highest BCUT2D eigenvalue weighted by Gasteiger charge is 2.61. The Bertz CT molecular complexity index is 1310. The van der Waals surface area contributed by atoms with Gasteiger partial charge in [0.05, 0.1) is 39.3 Å². The predicted octanol–water partition coefficient (Wildman–Crippen LogP) is 4.16. The summed E-state index contributed by atoms with van der Waals surface area (Å²) < 4.78 is 22.4. The van der Waals surface area contributed by atoms with E-state index in [4.69, 9.17) is 23.8 Å². The second-order valence-electron chi connectivity index (χ2n) is 8.52. The van der Waals surface area contributed by atoms with E-state index in [1.54, 1.807) is 35.4 Å². The van der Waals surface area contributed by atoms with Crippen molar-refractivity contribution in [2.75, 3.05) is 37.9 Å².